The first-order chi connectivity index (χ1) is 9.61. The van der Waals surface area contributed by atoms with Crippen molar-refractivity contribution in [2.24, 2.45) is 0 Å². The highest BCUT2D eigenvalue weighted by Gasteiger charge is 2.41. The van der Waals surface area contributed by atoms with Gasteiger partial charge in [-0.1, -0.05) is 0 Å². The summed E-state index contributed by atoms with van der Waals surface area (Å²) in [5.74, 6) is -0.927. The SMILES string of the molecule is COc1ncnc2c1ncn2C1OC(C(=O)O)CC1F. The fourth-order valence-corrected chi connectivity index (χ4v) is 2.19. The van der Waals surface area contributed by atoms with Gasteiger partial charge in [0, 0.05) is 6.42 Å². The lowest BCUT2D eigenvalue weighted by Gasteiger charge is -2.14. The van der Waals surface area contributed by atoms with Crippen molar-refractivity contribution in [2.75, 3.05) is 7.11 Å². The van der Waals surface area contributed by atoms with Crippen LogP contribution in [-0.4, -0.2) is 50.0 Å². The second kappa shape index (κ2) is 4.67. The van der Waals surface area contributed by atoms with E-state index in [-0.39, 0.29) is 12.3 Å². The standard InChI is InChI=1S/C11H11FN4O4/c1-19-9-7-8(13-3-14-9)16(4-15-7)10-5(12)2-6(20-10)11(17)18/h3-6,10H,2H2,1H3,(H,17,18). The molecule has 1 aliphatic rings. The Kier molecular flexibility index (Phi) is 2.97. The third kappa shape index (κ3) is 1.86. The van der Waals surface area contributed by atoms with Gasteiger partial charge in [-0.05, 0) is 0 Å². The Labute approximate surface area is 112 Å². The van der Waals surface area contributed by atoms with Crippen LogP contribution in [0, 0.1) is 0 Å². The van der Waals surface area contributed by atoms with Gasteiger partial charge in [0.05, 0.1) is 13.4 Å². The zero-order valence-electron chi connectivity index (χ0n) is 10.4. The Bertz CT molecular complexity index is 661. The van der Waals surface area contributed by atoms with Crippen LogP contribution in [0.15, 0.2) is 12.7 Å². The van der Waals surface area contributed by atoms with Gasteiger partial charge >= 0.3 is 5.97 Å². The van der Waals surface area contributed by atoms with E-state index in [1.54, 1.807) is 0 Å². The molecule has 2 aromatic heterocycles. The Balaban J connectivity index is 2.01. The number of aliphatic carboxylic acids is 1. The molecule has 0 amide bonds. The van der Waals surface area contributed by atoms with Crippen molar-refractivity contribution in [3.8, 4) is 5.88 Å². The third-order valence-electron chi connectivity index (χ3n) is 3.12. The molecule has 20 heavy (non-hydrogen) atoms. The number of ether oxygens (including phenoxy) is 2. The van der Waals surface area contributed by atoms with Crippen LogP contribution in [0.2, 0.25) is 0 Å². The van der Waals surface area contributed by atoms with Crippen LogP contribution >= 0.6 is 0 Å². The zero-order valence-corrected chi connectivity index (χ0v) is 10.4. The van der Waals surface area contributed by atoms with Gasteiger partial charge in [0.2, 0.25) is 5.88 Å². The minimum atomic E-state index is -1.45. The van der Waals surface area contributed by atoms with E-state index in [9.17, 15) is 9.18 Å². The minimum Gasteiger partial charge on any atom is -0.479 e. The van der Waals surface area contributed by atoms with Crippen molar-refractivity contribution in [3.05, 3.63) is 12.7 Å². The Morgan fingerprint density at radius 2 is 2.35 bits per heavy atom. The number of hydrogen-bond donors (Lipinski definition) is 1. The van der Waals surface area contributed by atoms with E-state index < -0.39 is 24.5 Å². The summed E-state index contributed by atoms with van der Waals surface area (Å²) >= 11 is 0. The summed E-state index contributed by atoms with van der Waals surface area (Å²) in [5.41, 5.74) is 0.695. The number of nitrogens with zero attached hydrogens (tertiary/aromatic N) is 4. The van der Waals surface area contributed by atoms with Crippen molar-refractivity contribution in [2.45, 2.75) is 24.9 Å². The molecule has 0 aliphatic carbocycles. The number of fused-ring (bicyclic) bond motifs is 1. The molecule has 0 spiro atoms. The molecular weight excluding hydrogens is 271 g/mol. The zero-order chi connectivity index (χ0) is 14.3. The average molecular weight is 282 g/mol. The second-order valence-corrected chi connectivity index (χ2v) is 4.31. The molecule has 1 N–H and O–H groups in total. The summed E-state index contributed by atoms with van der Waals surface area (Å²) < 4.78 is 25.6. The molecule has 8 nitrogen and oxygen atoms in total. The number of alkyl halides is 1. The number of aromatic nitrogens is 4. The summed E-state index contributed by atoms with van der Waals surface area (Å²) in [4.78, 5) is 22.8. The fourth-order valence-electron chi connectivity index (χ4n) is 2.19. The van der Waals surface area contributed by atoms with Crippen LogP contribution in [0.4, 0.5) is 4.39 Å². The van der Waals surface area contributed by atoms with E-state index in [0.29, 0.717) is 11.2 Å². The molecule has 0 aromatic carbocycles. The van der Waals surface area contributed by atoms with Gasteiger partial charge < -0.3 is 14.6 Å². The van der Waals surface area contributed by atoms with Crippen molar-refractivity contribution >= 4 is 17.1 Å². The lowest BCUT2D eigenvalue weighted by atomic mass is 10.2. The van der Waals surface area contributed by atoms with Crippen LogP contribution in [0.1, 0.15) is 12.6 Å². The molecule has 3 rings (SSSR count). The summed E-state index contributed by atoms with van der Waals surface area (Å²) in [6.45, 7) is 0. The summed E-state index contributed by atoms with van der Waals surface area (Å²) in [5, 5.41) is 8.88. The molecule has 1 fully saturated rings. The maximum Gasteiger partial charge on any atom is 0.333 e. The smallest absolute Gasteiger partial charge is 0.333 e. The van der Waals surface area contributed by atoms with Crippen molar-refractivity contribution in [3.63, 3.8) is 0 Å². The second-order valence-electron chi connectivity index (χ2n) is 4.31. The molecule has 3 heterocycles. The van der Waals surface area contributed by atoms with Crippen LogP contribution in [0.25, 0.3) is 11.2 Å². The molecule has 0 saturated carbocycles. The van der Waals surface area contributed by atoms with Gasteiger partial charge in [-0.2, -0.15) is 4.98 Å². The van der Waals surface area contributed by atoms with E-state index in [1.807, 2.05) is 0 Å². The number of halogens is 1. The maximum absolute atomic E-state index is 14.0. The quantitative estimate of drug-likeness (QED) is 0.877. The molecule has 2 aromatic rings. The van der Waals surface area contributed by atoms with Crippen LogP contribution < -0.4 is 4.74 Å². The first-order valence-corrected chi connectivity index (χ1v) is 5.85. The number of hydrogen-bond acceptors (Lipinski definition) is 6. The highest BCUT2D eigenvalue weighted by molar-refractivity contribution is 5.76. The number of carboxylic acids is 1. The maximum atomic E-state index is 14.0. The van der Waals surface area contributed by atoms with E-state index in [1.165, 1.54) is 24.3 Å². The topological polar surface area (TPSA) is 99.4 Å². The van der Waals surface area contributed by atoms with E-state index in [0.717, 1.165) is 0 Å². The number of imidazole rings is 1. The first kappa shape index (κ1) is 12.7. The van der Waals surface area contributed by atoms with E-state index >= 15 is 0 Å². The normalized spacial score (nSPS) is 26.0. The van der Waals surface area contributed by atoms with Gasteiger partial charge in [-0.3, -0.25) is 4.57 Å². The molecule has 106 valence electrons. The third-order valence-corrected chi connectivity index (χ3v) is 3.12. The summed E-state index contributed by atoms with van der Waals surface area (Å²) in [6, 6.07) is 0. The lowest BCUT2D eigenvalue weighted by molar-refractivity contribution is -0.151. The summed E-state index contributed by atoms with van der Waals surface area (Å²) in [6.07, 6.45) is -1.30. The molecular formula is C11H11FN4O4. The largest absolute Gasteiger partial charge is 0.479 e. The van der Waals surface area contributed by atoms with Crippen LogP contribution in [-0.2, 0) is 9.53 Å². The molecule has 0 radical (unpaired) electrons. The van der Waals surface area contributed by atoms with Crippen molar-refractivity contribution < 1.29 is 23.8 Å². The number of rotatable bonds is 3. The predicted octanol–water partition coefficient (Wildman–Crippen LogP) is 0.545. The van der Waals surface area contributed by atoms with Crippen molar-refractivity contribution in [1.29, 1.82) is 0 Å². The number of methoxy groups -OCH3 is 1. The van der Waals surface area contributed by atoms with Gasteiger partial charge in [-0.25, -0.2) is 19.2 Å². The predicted molar refractivity (Wildman–Crippen MR) is 62.9 cm³/mol. The molecule has 3 unspecified atom stereocenters. The number of carbonyl (C=O) groups is 1. The van der Waals surface area contributed by atoms with Gasteiger partial charge in [-0.15, -0.1) is 0 Å². The highest BCUT2D eigenvalue weighted by Crippen LogP contribution is 2.34. The van der Waals surface area contributed by atoms with Crippen LogP contribution in [0.5, 0.6) is 5.88 Å². The summed E-state index contributed by atoms with van der Waals surface area (Å²) in [7, 11) is 1.44. The minimum absolute atomic E-state index is 0.206. The molecule has 3 atom stereocenters. The van der Waals surface area contributed by atoms with Crippen LogP contribution in [0.3, 0.4) is 0 Å². The molecule has 1 aliphatic heterocycles. The molecule has 1 saturated heterocycles. The Morgan fingerprint density at radius 1 is 1.55 bits per heavy atom. The van der Waals surface area contributed by atoms with E-state index in [4.69, 9.17) is 14.6 Å². The molecule has 0 bridgehead atoms. The van der Waals surface area contributed by atoms with E-state index in [2.05, 4.69) is 15.0 Å². The van der Waals surface area contributed by atoms with Gasteiger partial charge in [0.25, 0.3) is 0 Å². The monoisotopic (exact) mass is 282 g/mol. The number of carboxylic acid groups (broad SMARTS) is 1. The van der Waals surface area contributed by atoms with Gasteiger partial charge in [0.15, 0.2) is 23.5 Å². The van der Waals surface area contributed by atoms with Gasteiger partial charge in [0.1, 0.15) is 12.5 Å². The molecule has 9 heteroatoms. The lowest BCUT2D eigenvalue weighted by Crippen LogP contribution is -2.20. The average Bonchev–Trinajstić information content (AvgIpc) is 3.01. The van der Waals surface area contributed by atoms with Crippen molar-refractivity contribution in [1.82, 2.24) is 19.5 Å². The Hall–Kier alpha value is -2.29. The first-order valence-electron chi connectivity index (χ1n) is 5.85. The highest BCUT2D eigenvalue weighted by atomic mass is 19.1. The fraction of sp³-hybridized carbons (Fsp3) is 0.455. The Morgan fingerprint density at radius 3 is 3.00 bits per heavy atom.